The van der Waals surface area contributed by atoms with Gasteiger partial charge in [-0.25, -0.2) is 0 Å². The minimum absolute atomic E-state index is 0.436. The van der Waals surface area contributed by atoms with Crippen molar-refractivity contribution in [1.82, 2.24) is 0 Å². The van der Waals surface area contributed by atoms with Crippen LogP contribution in [0.15, 0.2) is 54.6 Å². The average Bonchev–Trinajstić information content (AvgIpc) is 2.72. The Morgan fingerprint density at radius 3 is 0.968 bits per heavy atom. The summed E-state index contributed by atoms with van der Waals surface area (Å²) >= 11 is 0. The minimum atomic E-state index is 0.436. The Kier molecular flexibility index (Phi) is 6.94. The van der Waals surface area contributed by atoms with Crippen LogP contribution in [-0.4, -0.2) is 0 Å². The molecule has 0 bridgehead atoms. The number of anilines is 1. The number of hydrogen-bond donors (Lipinski definition) is 1. The van der Waals surface area contributed by atoms with E-state index in [1.807, 2.05) is 0 Å². The van der Waals surface area contributed by atoms with E-state index in [-0.39, 0.29) is 0 Å². The third-order valence-corrected chi connectivity index (χ3v) is 6.39. The predicted octanol–water partition coefficient (Wildman–Crippen LogP) is 9.10. The van der Waals surface area contributed by atoms with Crippen molar-refractivity contribution in [2.75, 3.05) is 5.73 Å². The zero-order chi connectivity index (χ0) is 22.9. The van der Waals surface area contributed by atoms with Crippen molar-refractivity contribution >= 4 is 5.69 Å². The number of benzene rings is 3. The summed E-state index contributed by atoms with van der Waals surface area (Å²) in [5, 5.41) is 0. The van der Waals surface area contributed by atoms with Gasteiger partial charge in [0.25, 0.3) is 0 Å². The summed E-state index contributed by atoms with van der Waals surface area (Å²) in [6.07, 6.45) is 0. The van der Waals surface area contributed by atoms with Gasteiger partial charge in [0.05, 0.1) is 0 Å². The topological polar surface area (TPSA) is 26.0 Å². The summed E-state index contributed by atoms with van der Waals surface area (Å²) in [5.74, 6) is 1.74. The maximum Gasteiger partial charge on any atom is 0.0473 e. The van der Waals surface area contributed by atoms with E-state index in [4.69, 9.17) is 5.73 Å². The van der Waals surface area contributed by atoms with Crippen LogP contribution in [0.2, 0.25) is 0 Å². The van der Waals surface area contributed by atoms with Crippen molar-refractivity contribution in [3.63, 3.8) is 0 Å². The summed E-state index contributed by atoms with van der Waals surface area (Å²) < 4.78 is 0. The first-order valence-corrected chi connectivity index (χ1v) is 11.8. The first-order valence-electron chi connectivity index (χ1n) is 11.8. The smallest absolute Gasteiger partial charge is 0.0473 e. The van der Waals surface area contributed by atoms with E-state index in [1.54, 1.807) is 0 Å². The number of hydrogen-bond acceptors (Lipinski definition) is 1. The molecule has 2 N–H and O–H groups in total. The van der Waals surface area contributed by atoms with Gasteiger partial charge in [0.2, 0.25) is 0 Å². The molecular formula is C30H39N. The lowest BCUT2D eigenvalue weighted by Crippen LogP contribution is -2.05. The van der Waals surface area contributed by atoms with Crippen molar-refractivity contribution in [3.8, 4) is 22.3 Å². The standard InChI is InChI=1S/C30H39N/c1-18(2)22-12-9-13-23(19(3)4)28(22)26-16-11-17-27(30(26)31)29-24(20(5)6)14-10-15-25(29)21(7)8/h9-21H,31H2,1-8H3. The Hall–Kier alpha value is -2.54. The summed E-state index contributed by atoms with van der Waals surface area (Å²) in [5.41, 5.74) is 18.4. The first kappa shape index (κ1) is 23.1. The van der Waals surface area contributed by atoms with Crippen molar-refractivity contribution < 1.29 is 0 Å². The van der Waals surface area contributed by atoms with Gasteiger partial charge in [0.15, 0.2) is 0 Å². The Morgan fingerprint density at radius 1 is 0.452 bits per heavy atom. The molecule has 0 aliphatic rings. The van der Waals surface area contributed by atoms with Gasteiger partial charge in [-0.15, -0.1) is 0 Å². The van der Waals surface area contributed by atoms with Crippen LogP contribution in [0.3, 0.4) is 0 Å². The highest BCUT2D eigenvalue weighted by Crippen LogP contribution is 2.45. The molecule has 0 amide bonds. The normalized spacial score (nSPS) is 11.9. The molecule has 0 unspecified atom stereocenters. The molecular weight excluding hydrogens is 374 g/mol. The first-order chi connectivity index (χ1) is 14.6. The van der Waals surface area contributed by atoms with Crippen LogP contribution < -0.4 is 5.73 Å². The van der Waals surface area contributed by atoms with Crippen LogP contribution in [0.5, 0.6) is 0 Å². The molecule has 3 aromatic rings. The van der Waals surface area contributed by atoms with Gasteiger partial charge >= 0.3 is 0 Å². The maximum absolute atomic E-state index is 7.02. The molecule has 0 aliphatic heterocycles. The monoisotopic (exact) mass is 413 g/mol. The van der Waals surface area contributed by atoms with E-state index in [2.05, 4.69) is 110 Å². The zero-order valence-corrected chi connectivity index (χ0v) is 20.6. The molecule has 1 nitrogen and oxygen atoms in total. The highest BCUT2D eigenvalue weighted by molar-refractivity contribution is 5.93. The molecule has 3 aromatic carbocycles. The molecule has 0 spiro atoms. The molecule has 0 radical (unpaired) electrons. The minimum Gasteiger partial charge on any atom is -0.398 e. The molecule has 0 heterocycles. The number of rotatable bonds is 6. The molecule has 0 fully saturated rings. The zero-order valence-electron chi connectivity index (χ0n) is 20.6. The highest BCUT2D eigenvalue weighted by Gasteiger charge is 2.22. The number of para-hydroxylation sites is 1. The van der Waals surface area contributed by atoms with E-state index in [0.717, 1.165) is 5.69 Å². The fourth-order valence-corrected chi connectivity index (χ4v) is 4.73. The summed E-state index contributed by atoms with van der Waals surface area (Å²) in [4.78, 5) is 0. The van der Waals surface area contributed by atoms with Crippen molar-refractivity contribution in [3.05, 3.63) is 76.9 Å². The highest BCUT2D eigenvalue weighted by atomic mass is 14.6. The van der Waals surface area contributed by atoms with Gasteiger partial charge in [-0.3, -0.25) is 0 Å². The largest absolute Gasteiger partial charge is 0.398 e. The molecule has 0 saturated carbocycles. The Balaban J connectivity index is 2.38. The Bertz CT molecular complexity index is 920. The van der Waals surface area contributed by atoms with Gasteiger partial charge in [-0.05, 0) is 57.1 Å². The van der Waals surface area contributed by atoms with Crippen LogP contribution in [-0.2, 0) is 0 Å². The third-order valence-electron chi connectivity index (χ3n) is 6.39. The molecule has 3 rings (SSSR count). The quantitative estimate of drug-likeness (QED) is 0.401. The molecule has 1 heteroatoms. The molecule has 31 heavy (non-hydrogen) atoms. The van der Waals surface area contributed by atoms with Crippen LogP contribution >= 0.6 is 0 Å². The fourth-order valence-electron chi connectivity index (χ4n) is 4.73. The van der Waals surface area contributed by atoms with Gasteiger partial charge < -0.3 is 5.73 Å². The van der Waals surface area contributed by atoms with E-state index in [0.29, 0.717) is 23.7 Å². The summed E-state index contributed by atoms with van der Waals surface area (Å²) in [7, 11) is 0. The van der Waals surface area contributed by atoms with Gasteiger partial charge in [-0.1, -0.05) is 110 Å². The van der Waals surface area contributed by atoms with Crippen LogP contribution in [0.1, 0.15) is 101 Å². The lowest BCUT2D eigenvalue weighted by atomic mass is 9.81. The Labute approximate surface area is 189 Å². The van der Waals surface area contributed by atoms with Crippen LogP contribution in [0.25, 0.3) is 22.3 Å². The van der Waals surface area contributed by atoms with Crippen molar-refractivity contribution in [1.29, 1.82) is 0 Å². The van der Waals surface area contributed by atoms with Crippen molar-refractivity contribution in [2.24, 2.45) is 0 Å². The lowest BCUT2D eigenvalue weighted by molar-refractivity contribution is 0.837. The maximum atomic E-state index is 7.02. The van der Waals surface area contributed by atoms with Gasteiger partial charge in [0, 0.05) is 16.8 Å². The molecule has 164 valence electrons. The van der Waals surface area contributed by atoms with E-state index in [1.165, 1.54) is 44.5 Å². The second-order valence-corrected chi connectivity index (χ2v) is 10.0. The second kappa shape index (κ2) is 9.30. The number of nitrogen functional groups attached to an aromatic ring is 1. The van der Waals surface area contributed by atoms with E-state index < -0.39 is 0 Å². The molecule has 0 aliphatic carbocycles. The van der Waals surface area contributed by atoms with Crippen LogP contribution in [0.4, 0.5) is 5.69 Å². The van der Waals surface area contributed by atoms with Gasteiger partial charge in [0.1, 0.15) is 0 Å². The lowest BCUT2D eigenvalue weighted by Gasteiger charge is -2.24. The number of nitrogens with two attached hydrogens (primary N) is 1. The van der Waals surface area contributed by atoms with Crippen LogP contribution in [0, 0.1) is 0 Å². The predicted molar refractivity (Wildman–Crippen MR) is 138 cm³/mol. The van der Waals surface area contributed by atoms with E-state index >= 15 is 0 Å². The SMILES string of the molecule is CC(C)c1cccc(C(C)C)c1-c1cccc(-c2c(C(C)C)cccc2C(C)C)c1N. The molecule has 0 atom stereocenters. The second-order valence-electron chi connectivity index (χ2n) is 10.0. The van der Waals surface area contributed by atoms with Gasteiger partial charge in [-0.2, -0.15) is 0 Å². The fraction of sp³-hybridized carbons (Fsp3) is 0.400. The third kappa shape index (κ3) is 4.42. The Morgan fingerprint density at radius 2 is 0.710 bits per heavy atom. The van der Waals surface area contributed by atoms with E-state index in [9.17, 15) is 0 Å². The average molecular weight is 414 g/mol. The van der Waals surface area contributed by atoms with Crippen molar-refractivity contribution in [2.45, 2.75) is 79.1 Å². The summed E-state index contributed by atoms with van der Waals surface area (Å²) in [6.45, 7) is 18.2. The molecule has 0 saturated heterocycles. The summed E-state index contributed by atoms with van der Waals surface area (Å²) in [6, 6.07) is 20.0. The molecule has 0 aromatic heterocycles.